The molecule has 0 bridgehead atoms. The molecular formula is C5H10F2O2. The van der Waals surface area contributed by atoms with Crippen LogP contribution in [0.25, 0.3) is 0 Å². The van der Waals surface area contributed by atoms with Crippen molar-refractivity contribution in [1.82, 2.24) is 0 Å². The van der Waals surface area contributed by atoms with Crippen LogP contribution >= 0.6 is 0 Å². The molecule has 2 nitrogen and oxygen atoms in total. The maximum Gasteiger partial charge on any atom is 0.248 e. The summed E-state index contributed by atoms with van der Waals surface area (Å²) < 4.78 is 23.5. The minimum atomic E-state index is -2.67. The molecule has 0 spiro atoms. The van der Waals surface area contributed by atoms with E-state index in [1.165, 1.54) is 0 Å². The number of alkyl halides is 2. The van der Waals surface area contributed by atoms with Crippen molar-refractivity contribution in [2.45, 2.75) is 13.3 Å². The lowest BCUT2D eigenvalue weighted by atomic mass is 9.94. The predicted octanol–water partition coefficient (Wildman–Crippen LogP) is 0.242. The summed E-state index contributed by atoms with van der Waals surface area (Å²) in [4.78, 5) is 0. The van der Waals surface area contributed by atoms with Crippen molar-refractivity contribution in [3.8, 4) is 0 Å². The van der Waals surface area contributed by atoms with E-state index in [9.17, 15) is 8.78 Å². The van der Waals surface area contributed by atoms with E-state index in [1.807, 2.05) is 0 Å². The maximum atomic E-state index is 11.8. The van der Waals surface area contributed by atoms with Crippen LogP contribution in [0, 0.1) is 5.41 Å². The number of aliphatic hydroxyl groups is 2. The van der Waals surface area contributed by atoms with Crippen molar-refractivity contribution < 1.29 is 19.0 Å². The van der Waals surface area contributed by atoms with Gasteiger partial charge in [-0.1, -0.05) is 0 Å². The summed E-state index contributed by atoms with van der Waals surface area (Å²) in [5.41, 5.74) is -1.64. The Hall–Kier alpha value is -0.220. The zero-order valence-electron chi connectivity index (χ0n) is 5.14. The second kappa shape index (κ2) is 3.08. The molecule has 0 aliphatic carbocycles. The molecule has 0 amide bonds. The summed E-state index contributed by atoms with van der Waals surface area (Å²) in [5, 5.41) is 16.6. The number of hydrogen-bond donors (Lipinski definition) is 2. The second-order valence-corrected chi connectivity index (χ2v) is 2.27. The van der Waals surface area contributed by atoms with Gasteiger partial charge in [0.15, 0.2) is 0 Å². The molecule has 0 aromatic rings. The smallest absolute Gasteiger partial charge is 0.248 e. The lowest BCUT2D eigenvalue weighted by Gasteiger charge is -2.22. The van der Waals surface area contributed by atoms with E-state index in [2.05, 4.69) is 0 Å². The first kappa shape index (κ1) is 8.78. The molecule has 0 saturated heterocycles. The van der Waals surface area contributed by atoms with Crippen LogP contribution < -0.4 is 0 Å². The Bertz CT molecular complexity index is 81.0. The highest BCUT2D eigenvalue weighted by Crippen LogP contribution is 2.23. The van der Waals surface area contributed by atoms with Gasteiger partial charge in [-0.3, -0.25) is 0 Å². The van der Waals surface area contributed by atoms with Crippen molar-refractivity contribution in [3.05, 3.63) is 0 Å². The minimum absolute atomic E-state index is 0.693. The van der Waals surface area contributed by atoms with Crippen LogP contribution in [0.5, 0.6) is 0 Å². The normalized spacial score (nSPS) is 12.7. The van der Waals surface area contributed by atoms with Crippen LogP contribution in [0.2, 0.25) is 0 Å². The van der Waals surface area contributed by atoms with Gasteiger partial charge in [-0.2, -0.15) is 0 Å². The molecule has 2 N–H and O–H groups in total. The Kier molecular flexibility index (Phi) is 3.00. The fourth-order valence-corrected chi connectivity index (χ4v) is 0.188. The number of rotatable bonds is 3. The monoisotopic (exact) mass is 140 g/mol. The summed E-state index contributed by atoms with van der Waals surface area (Å²) in [6.45, 7) is -0.264. The van der Waals surface area contributed by atoms with E-state index in [4.69, 9.17) is 10.2 Å². The molecule has 56 valence electrons. The third-order valence-corrected chi connectivity index (χ3v) is 1.25. The van der Waals surface area contributed by atoms with Crippen LogP contribution in [-0.4, -0.2) is 29.9 Å². The molecule has 0 aromatic heterocycles. The van der Waals surface area contributed by atoms with Crippen LogP contribution in [0.3, 0.4) is 0 Å². The topological polar surface area (TPSA) is 40.5 Å². The van der Waals surface area contributed by atoms with E-state index >= 15 is 0 Å². The zero-order chi connectivity index (χ0) is 7.49. The minimum Gasteiger partial charge on any atom is -0.395 e. The molecule has 0 unspecified atom stereocenters. The highest BCUT2D eigenvalue weighted by Gasteiger charge is 2.33. The van der Waals surface area contributed by atoms with E-state index in [1.54, 1.807) is 0 Å². The Balaban J connectivity index is 3.92. The van der Waals surface area contributed by atoms with E-state index < -0.39 is 25.1 Å². The first-order valence-corrected chi connectivity index (χ1v) is 2.56. The van der Waals surface area contributed by atoms with Gasteiger partial charge in [0.2, 0.25) is 6.43 Å². The zero-order valence-corrected chi connectivity index (χ0v) is 5.14. The van der Waals surface area contributed by atoms with Gasteiger partial charge in [0, 0.05) is 0 Å². The van der Waals surface area contributed by atoms with Crippen molar-refractivity contribution in [2.24, 2.45) is 5.41 Å². The van der Waals surface area contributed by atoms with E-state index in [0.717, 1.165) is 6.92 Å². The first-order chi connectivity index (χ1) is 4.06. The van der Waals surface area contributed by atoms with Crippen LogP contribution in [0.15, 0.2) is 0 Å². The molecule has 0 aliphatic rings. The third-order valence-electron chi connectivity index (χ3n) is 1.25. The number of hydrogen-bond acceptors (Lipinski definition) is 2. The van der Waals surface area contributed by atoms with Crippen molar-refractivity contribution in [2.75, 3.05) is 13.2 Å². The highest BCUT2D eigenvalue weighted by molar-refractivity contribution is 4.74. The Morgan fingerprint density at radius 3 is 1.67 bits per heavy atom. The molecule has 0 radical (unpaired) electrons. The molecule has 9 heavy (non-hydrogen) atoms. The molecule has 0 heterocycles. The lowest BCUT2D eigenvalue weighted by Crippen LogP contribution is -2.33. The summed E-state index contributed by atoms with van der Waals surface area (Å²) in [5.74, 6) is 0. The molecule has 0 atom stereocenters. The van der Waals surface area contributed by atoms with E-state index in [0.29, 0.717) is 0 Å². The quantitative estimate of drug-likeness (QED) is 0.589. The van der Waals surface area contributed by atoms with Crippen molar-refractivity contribution in [1.29, 1.82) is 0 Å². The largest absolute Gasteiger partial charge is 0.395 e. The van der Waals surface area contributed by atoms with Gasteiger partial charge in [-0.25, -0.2) is 8.78 Å². The highest BCUT2D eigenvalue weighted by atomic mass is 19.3. The molecule has 4 heteroatoms. The Labute approximate surface area is 52.1 Å². The Morgan fingerprint density at radius 2 is 1.67 bits per heavy atom. The van der Waals surface area contributed by atoms with Gasteiger partial charge in [0.1, 0.15) is 0 Å². The first-order valence-electron chi connectivity index (χ1n) is 2.56. The molecule has 0 aliphatic heterocycles. The van der Waals surface area contributed by atoms with Gasteiger partial charge in [-0.15, -0.1) is 0 Å². The van der Waals surface area contributed by atoms with Gasteiger partial charge < -0.3 is 10.2 Å². The van der Waals surface area contributed by atoms with Crippen molar-refractivity contribution >= 4 is 0 Å². The third kappa shape index (κ3) is 1.87. The fourth-order valence-electron chi connectivity index (χ4n) is 0.188. The molecule has 0 saturated carbocycles. The van der Waals surface area contributed by atoms with Crippen molar-refractivity contribution in [3.63, 3.8) is 0 Å². The average Bonchev–Trinajstić information content (AvgIpc) is 1.86. The van der Waals surface area contributed by atoms with Gasteiger partial charge in [0.05, 0.1) is 18.6 Å². The molecule has 0 rings (SSSR count). The summed E-state index contributed by atoms with van der Waals surface area (Å²) in [6.07, 6.45) is -2.67. The SMILES string of the molecule is CC(CO)(CO)C(F)F. The number of aliphatic hydroxyl groups excluding tert-OH is 2. The van der Waals surface area contributed by atoms with Gasteiger partial charge in [0.25, 0.3) is 0 Å². The molecule has 0 aromatic carbocycles. The summed E-state index contributed by atoms with van der Waals surface area (Å²) >= 11 is 0. The van der Waals surface area contributed by atoms with Crippen LogP contribution in [-0.2, 0) is 0 Å². The maximum absolute atomic E-state index is 11.8. The van der Waals surface area contributed by atoms with E-state index in [-0.39, 0.29) is 0 Å². The average molecular weight is 140 g/mol. The molecular weight excluding hydrogens is 130 g/mol. The lowest BCUT2D eigenvalue weighted by molar-refractivity contribution is -0.0614. The Morgan fingerprint density at radius 1 is 1.33 bits per heavy atom. The second-order valence-electron chi connectivity index (χ2n) is 2.27. The number of halogens is 2. The predicted molar refractivity (Wildman–Crippen MR) is 28.3 cm³/mol. The van der Waals surface area contributed by atoms with Gasteiger partial charge in [-0.05, 0) is 6.92 Å². The summed E-state index contributed by atoms with van der Waals surface area (Å²) in [7, 11) is 0. The van der Waals surface area contributed by atoms with Gasteiger partial charge >= 0.3 is 0 Å². The summed E-state index contributed by atoms with van der Waals surface area (Å²) in [6, 6.07) is 0. The van der Waals surface area contributed by atoms with Crippen LogP contribution in [0.1, 0.15) is 6.92 Å². The fraction of sp³-hybridized carbons (Fsp3) is 1.00. The standard InChI is InChI=1S/C5H10F2O2/c1-5(2-8,3-9)4(6)7/h4,8-9H,2-3H2,1H3. The van der Waals surface area contributed by atoms with Crippen LogP contribution in [0.4, 0.5) is 8.78 Å². The molecule has 0 fully saturated rings.